The van der Waals surface area contributed by atoms with E-state index in [1.807, 2.05) is 11.8 Å². The molecule has 1 saturated heterocycles. The number of para-hydroxylation sites is 1. The highest BCUT2D eigenvalue weighted by Crippen LogP contribution is 2.23. The van der Waals surface area contributed by atoms with Crippen LogP contribution in [0.3, 0.4) is 0 Å². The first kappa shape index (κ1) is 24.6. The maximum atomic E-state index is 13.0. The molecule has 1 N–H and O–H groups in total. The van der Waals surface area contributed by atoms with Gasteiger partial charge >= 0.3 is 0 Å². The molecule has 0 radical (unpaired) electrons. The topological polar surface area (TPSA) is 96.0 Å². The number of sulfonamides is 1. The van der Waals surface area contributed by atoms with Gasteiger partial charge in [0, 0.05) is 20.1 Å². The standard InChI is InChI=1S/C24H31N3O5S/c1-4-22(32-19-14-12-18(13-15-19)26(2)33(3,30)31)23(28)25-21-11-7-6-10-20(21)24(29)27-16-8-5-9-17-27/h6-7,10-15,22H,4-5,8-9,16-17H2,1-3H3,(H,25,28). The number of carbonyl (C=O) groups is 2. The molecule has 1 heterocycles. The van der Waals surface area contributed by atoms with Crippen LogP contribution in [0.5, 0.6) is 5.75 Å². The maximum absolute atomic E-state index is 13.0. The zero-order valence-corrected chi connectivity index (χ0v) is 20.1. The largest absolute Gasteiger partial charge is 0.481 e. The third-order valence-corrected chi connectivity index (χ3v) is 6.90. The van der Waals surface area contributed by atoms with Crippen LogP contribution in [0.4, 0.5) is 11.4 Å². The van der Waals surface area contributed by atoms with Crippen LogP contribution in [0, 0.1) is 0 Å². The van der Waals surface area contributed by atoms with Crippen molar-refractivity contribution < 1.29 is 22.7 Å². The normalized spacial score (nSPS) is 14.9. The molecule has 8 nitrogen and oxygen atoms in total. The SMILES string of the molecule is CCC(Oc1ccc(N(C)S(C)(=O)=O)cc1)C(=O)Nc1ccccc1C(=O)N1CCCCC1. The minimum absolute atomic E-state index is 0.0786. The molecule has 0 spiro atoms. The van der Waals surface area contributed by atoms with Crippen molar-refractivity contribution in [1.82, 2.24) is 4.90 Å². The fraction of sp³-hybridized carbons (Fsp3) is 0.417. The molecular weight excluding hydrogens is 442 g/mol. The Morgan fingerprint density at radius 3 is 2.30 bits per heavy atom. The molecule has 1 aliphatic heterocycles. The van der Waals surface area contributed by atoms with Crippen molar-refractivity contribution in [1.29, 1.82) is 0 Å². The van der Waals surface area contributed by atoms with Gasteiger partial charge in [0.2, 0.25) is 10.0 Å². The van der Waals surface area contributed by atoms with Crippen molar-refractivity contribution in [3.63, 3.8) is 0 Å². The van der Waals surface area contributed by atoms with Crippen LogP contribution in [0.2, 0.25) is 0 Å². The Balaban J connectivity index is 1.70. The van der Waals surface area contributed by atoms with E-state index < -0.39 is 16.1 Å². The van der Waals surface area contributed by atoms with E-state index in [4.69, 9.17) is 4.74 Å². The number of carbonyl (C=O) groups excluding carboxylic acids is 2. The summed E-state index contributed by atoms with van der Waals surface area (Å²) in [6.07, 6.45) is 3.88. The summed E-state index contributed by atoms with van der Waals surface area (Å²) in [6, 6.07) is 13.5. The molecule has 0 aliphatic carbocycles. The van der Waals surface area contributed by atoms with Crippen molar-refractivity contribution in [3.8, 4) is 5.75 Å². The second-order valence-corrected chi connectivity index (χ2v) is 10.1. The Morgan fingerprint density at radius 1 is 1.06 bits per heavy atom. The molecule has 2 aromatic rings. The van der Waals surface area contributed by atoms with Gasteiger partial charge in [-0.1, -0.05) is 19.1 Å². The van der Waals surface area contributed by atoms with E-state index in [0.29, 0.717) is 29.1 Å². The predicted molar refractivity (Wildman–Crippen MR) is 129 cm³/mol. The Kier molecular flexibility index (Phi) is 7.97. The van der Waals surface area contributed by atoms with Crippen LogP contribution in [0.15, 0.2) is 48.5 Å². The minimum atomic E-state index is -3.37. The van der Waals surface area contributed by atoms with E-state index >= 15 is 0 Å². The van der Waals surface area contributed by atoms with E-state index in [1.54, 1.807) is 48.5 Å². The van der Waals surface area contributed by atoms with E-state index in [1.165, 1.54) is 7.05 Å². The molecule has 0 bridgehead atoms. The highest BCUT2D eigenvalue weighted by molar-refractivity contribution is 7.92. The van der Waals surface area contributed by atoms with Crippen molar-refractivity contribution in [2.45, 2.75) is 38.7 Å². The lowest BCUT2D eigenvalue weighted by molar-refractivity contribution is -0.122. The molecule has 33 heavy (non-hydrogen) atoms. The lowest BCUT2D eigenvalue weighted by Gasteiger charge is -2.27. The summed E-state index contributed by atoms with van der Waals surface area (Å²) in [7, 11) is -1.90. The lowest BCUT2D eigenvalue weighted by atomic mass is 10.1. The fourth-order valence-corrected chi connectivity index (χ4v) is 4.18. The molecule has 0 aromatic heterocycles. The van der Waals surface area contributed by atoms with Crippen LogP contribution in [0.1, 0.15) is 43.0 Å². The van der Waals surface area contributed by atoms with Gasteiger partial charge in [0.15, 0.2) is 6.10 Å². The monoisotopic (exact) mass is 473 g/mol. The lowest BCUT2D eigenvalue weighted by Crippen LogP contribution is -2.37. The fourth-order valence-electron chi connectivity index (χ4n) is 3.67. The van der Waals surface area contributed by atoms with Crippen molar-refractivity contribution in [2.75, 3.05) is 36.0 Å². The van der Waals surface area contributed by atoms with Gasteiger partial charge in [-0.25, -0.2) is 8.42 Å². The Bertz CT molecular complexity index is 1080. The summed E-state index contributed by atoms with van der Waals surface area (Å²) in [5.41, 5.74) is 1.42. The zero-order valence-electron chi connectivity index (χ0n) is 19.3. The van der Waals surface area contributed by atoms with Crippen LogP contribution in [-0.2, 0) is 14.8 Å². The molecular formula is C24H31N3O5S. The Labute approximate surface area is 195 Å². The third-order valence-electron chi connectivity index (χ3n) is 5.70. The van der Waals surface area contributed by atoms with Gasteiger partial charge in [0.25, 0.3) is 11.8 Å². The number of nitrogens with one attached hydrogen (secondary N) is 1. The van der Waals surface area contributed by atoms with Crippen LogP contribution in [0.25, 0.3) is 0 Å². The molecule has 0 saturated carbocycles. The van der Waals surface area contributed by atoms with E-state index in [0.717, 1.165) is 42.9 Å². The van der Waals surface area contributed by atoms with Gasteiger partial charge in [-0.3, -0.25) is 13.9 Å². The molecule has 3 rings (SSSR count). The summed E-state index contributed by atoms with van der Waals surface area (Å²) in [5, 5.41) is 2.85. The van der Waals surface area contributed by atoms with Gasteiger partial charge < -0.3 is 15.0 Å². The molecule has 1 atom stereocenters. The smallest absolute Gasteiger partial charge is 0.265 e. The van der Waals surface area contributed by atoms with E-state index in [-0.39, 0.29) is 11.8 Å². The highest BCUT2D eigenvalue weighted by Gasteiger charge is 2.24. The van der Waals surface area contributed by atoms with Crippen LogP contribution >= 0.6 is 0 Å². The number of piperidine rings is 1. The molecule has 9 heteroatoms. The first-order valence-electron chi connectivity index (χ1n) is 11.1. The number of hydrogen-bond acceptors (Lipinski definition) is 5. The van der Waals surface area contributed by atoms with Gasteiger partial charge in [-0.15, -0.1) is 0 Å². The Hall–Kier alpha value is -3.07. The molecule has 1 aliphatic rings. The number of nitrogens with zero attached hydrogens (tertiary/aromatic N) is 2. The second-order valence-electron chi connectivity index (χ2n) is 8.13. The minimum Gasteiger partial charge on any atom is -0.481 e. The van der Waals surface area contributed by atoms with E-state index in [2.05, 4.69) is 5.32 Å². The summed E-state index contributed by atoms with van der Waals surface area (Å²) < 4.78 is 30.4. The van der Waals surface area contributed by atoms with Gasteiger partial charge in [0.05, 0.1) is 23.2 Å². The maximum Gasteiger partial charge on any atom is 0.265 e. The number of likely N-dealkylation sites (tertiary alicyclic amines) is 1. The average molecular weight is 474 g/mol. The second kappa shape index (κ2) is 10.7. The number of benzene rings is 2. The summed E-state index contributed by atoms with van der Waals surface area (Å²) >= 11 is 0. The zero-order chi connectivity index (χ0) is 24.0. The van der Waals surface area contributed by atoms with Crippen molar-refractivity contribution >= 4 is 33.2 Å². The van der Waals surface area contributed by atoms with Gasteiger partial charge in [0.1, 0.15) is 5.75 Å². The summed E-state index contributed by atoms with van der Waals surface area (Å²) in [4.78, 5) is 27.8. The summed E-state index contributed by atoms with van der Waals surface area (Å²) in [6.45, 7) is 3.29. The Morgan fingerprint density at radius 2 is 1.70 bits per heavy atom. The molecule has 2 aromatic carbocycles. The number of ether oxygens (including phenoxy) is 1. The van der Waals surface area contributed by atoms with Gasteiger partial charge in [-0.2, -0.15) is 0 Å². The van der Waals surface area contributed by atoms with Crippen molar-refractivity contribution in [2.24, 2.45) is 0 Å². The molecule has 178 valence electrons. The third kappa shape index (κ3) is 6.25. The first-order chi connectivity index (χ1) is 15.7. The van der Waals surface area contributed by atoms with Gasteiger partial charge in [-0.05, 0) is 62.1 Å². The van der Waals surface area contributed by atoms with E-state index in [9.17, 15) is 18.0 Å². The van der Waals surface area contributed by atoms with Crippen LogP contribution < -0.4 is 14.4 Å². The average Bonchev–Trinajstić information content (AvgIpc) is 2.82. The predicted octanol–water partition coefficient (Wildman–Crippen LogP) is 3.50. The first-order valence-corrected chi connectivity index (χ1v) is 13.0. The van der Waals surface area contributed by atoms with Crippen LogP contribution in [-0.4, -0.2) is 57.6 Å². The van der Waals surface area contributed by atoms with Crippen molar-refractivity contribution in [3.05, 3.63) is 54.1 Å². The number of amides is 2. The number of rotatable bonds is 8. The molecule has 2 amide bonds. The number of anilines is 2. The molecule has 1 fully saturated rings. The highest BCUT2D eigenvalue weighted by atomic mass is 32.2. The number of hydrogen-bond donors (Lipinski definition) is 1. The quantitative estimate of drug-likeness (QED) is 0.633. The molecule has 1 unspecified atom stereocenters. The summed E-state index contributed by atoms with van der Waals surface area (Å²) in [5.74, 6) is 0.0132.